The second kappa shape index (κ2) is 14.9. The Morgan fingerprint density at radius 1 is 1.25 bits per heavy atom. The lowest BCUT2D eigenvalue weighted by Gasteiger charge is -2.11. The summed E-state index contributed by atoms with van der Waals surface area (Å²) in [5.74, 6) is 1.33. The van der Waals surface area contributed by atoms with Crippen molar-refractivity contribution in [3.8, 4) is 0 Å². The van der Waals surface area contributed by atoms with E-state index in [0.29, 0.717) is 12.5 Å². The van der Waals surface area contributed by atoms with E-state index in [1.165, 1.54) is 11.4 Å². The van der Waals surface area contributed by atoms with Crippen molar-refractivity contribution in [2.24, 2.45) is 4.99 Å². The van der Waals surface area contributed by atoms with E-state index >= 15 is 0 Å². The van der Waals surface area contributed by atoms with Gasteiger partial charge in [0.15, 0.2) is 5.96 Å². The summed E-state index contributed by atoms with van der Waals surface area (Å²) in [6.07, 6.45) is 3.32. The molecule has 0 aromatic carbocycles. The summed E-state index contributed by atoms with van der Waals surface area (Å²) in [5, 5.41) is 9.89. The fraction of sp³-hybridized carbons (Fsp3) is 0.765. The standard InChI is InChI=1S/C17H32N4OS.HI/c1-5-7-10-22-11-8-9-19-17(18-6-2)20-12-15-13-23-16(21-15)14(3)4;/h13-14H,5-12H2,1-4H3,(H2,18,19,20);1H. The molecule has 0 amide bonds. The van der Waals surface area contributed by atoms with Crippen LogP contribution in [0, 0.1) is 0 Å². The van der Waals surface area contributed by atoms with Gasteiger partial charge in [-0.2, -0.15) is 0 Å². The zero-order chi connectivity index (χ0) is 16.9. The predicted molar refractivity (Wildman–Crippen MR) is 115 cm³/mol. The largest absolute Gasteiger partial charge is 0.381 e. The molecule has 0 aliphatic heterocycles. The predicted octanol–water partition coefficient (Wildman–Crippen LogP) is 4.15. The molecule has 140 valence electrons. The smallest absolute Gasteiger partial charge is 0.191 e. The highest BCUT2D eigenvalue weighted by molar-refractivity contribution is 14.0. The van der Waals surface area contributed by atoms with Gasteiger partial charge in [0.05, 0.1) is 17.2 Å². The molecule has 0 aliphatic carbocycles. The Kier molecular flexibility index (Phi) is 14.6. The quantitative estimate of drug-likeness (QED) is 0.222. The molecule has 1 heterocycles. The van der Waals surface area contributed by atoms with Crippen LogP contribution in [0.3, 0.4) is 0 Å². The molecule has 1 aromatic rings. The number of halogens is 1. The van der Waals surface area contributed by atoms with Crippen molar-refractivity contribution in [1.82, 2.24) is 15.6 Å². The van der Waals surface area contributed by atoms with Crippen LogP contribution in [-0.2, 0) is 11.3 Å². The average molecular weight is 468 g/mol. The Balaban J connectivity index is 0.00000529. The third kappa shape index (κ3) is 10.5. The third-order valence-electron chi connectivity index (χ3n) is 3.21. The summed E-state index contributed by atoms with van der Waals surface area (Å²) in [5.41, 5.74) is 1.04. The first-order valence-electron chi connectivity index (χ1n) is 8.71. The second-order valence-corrected chi connectivity index (χ2v) is 6.66. The van der Waals surface area contributed by atoms with Gasteiger partial charge in [-0.1, -0.05) is 27.2 Å². The molecule has 0 radical (unpaired) electrons. The maximum atomic E-state index is 5.56. The van der Waals surface area contributed by atoms with Crippen LogP contribution >= 0.6 is 35.3 Å². The van der Waals surface area contributed by atoms with Crippen LogP contribution in [-0.4, -0.2) is 37.2 Å². The highest BCUT2D eigenvalue weighted by Crippen LogP contribution is 2.19. The molecule has 1 aromatic heterocycles. The van der Waals surface area contributed by atoms with Crippen LogP contribution in [0.15, 0.2) is 10.4 Å². The Bertz CT molecular complexity index is 452. The minimum absolute atomic E-state index is 0. The zero-order valence-electron chi connectivity index (χ0n) is 15.4. The molecular weight excluding hydrogens is 435 g/mol. The van der Waals surface area contributed by atoms with Crippen LogP contribution in [0.4, 0.5) is 0 Å². The number of ether oxygens (including phenoxy) is 1. The Hall–Kier alpha value is -0.410. The van der Waals surface area contributed by atoms with Crippen molar-refractivity contribution in [3.63, 3.8) is 0 Å². The van der Waals surface area contributed by atoms with Gasteiger partial charge in [0.1, 0.15) is 0 Å². The minimum atomic E-state index is 0. The monoisotopic (exact) mass is 468 g/mol. The number of nitrogens with one attached hydrogen (secondary N) is 2. The molecule has 24 heavy (non-hydrogen) atoms. The summed E-state index contributed by atoms with van der Waals surface area (Å²) in [4.78, 5) is 9.22. The second-order valence-electron chi connectivity index (χ2n) is 5.77. The molecule has 0 spiro atoms. The number of nitrogens with zero attached hydrogens (tertiary/aromatic N) is 2. The minimum Gasteiger partial charge on any atom is -0.381 e. The number of thiazole rings is 1. The lowest BCUT2D eigenvalue weighted by Crippen LogP contribution is -2.38. The molecule has 0 atom stereocenters. The normalized spacial score (nSPS) is 11.5. The average Bonchev–Trinajstić information content (AvgIpc) is 3.01. The van der Waals surface area contributed by atoms with Gasteiger partial charge in [0.2, 0.25) is 0 Å². The molecule has 0 unspecified atom stereocenters. The molecule has 0 saturated heterocycles. The highest BCUT2D eigenvalue weighted by atomic mass is 127. The number of guanidine groups is 1. The fourth-order valence-corrected chi connectivity index (χ4v) is 2.72. The van der Waals surface area contributed by atoms with E-state index in [1.54, 1.807) is 11.3 Å². The Labute approximate surface area is 168 Å². The summed E-state index contributed by atoms with van der Waals surface area (Å²) < 4.78 is 5.56. The number of aromatic nitrogens is 1. The van der Waals surface area contributed by atoms with E-state index in [9.17, 15) is 0 Å². The molecule has 0 bridgehead atoms. The van der Waals surface area contributed by atoms with Crippen LogP contribution in [0.25, 0.3) is 0 Å². The molecule has 0 fully saturated rings. The molecule has 1 rings (SSSR count). The zero-order valence-corrected chi connectivity index (χ0v) is 18.6. The highest BCUT2D eigenvalue weighted by Gasteiger charge is 2.05. The number of rotatable bonds is 11. The van der Waals surface area contributed by atoms with Crippen LogP contribution < -0.4 is 10.6 Å². The van der Waals surface area contributed by atoms with E-state index in [2.05, 4.69) is 53.7 Å². The first-order valence-corrected chi connectivity index (χ1v) is 9.59. The van der Waals surface area contributed by atoms with Gasteiger partial charge in [-0.25, -0.2) is 9.98 Å². The van der Waals surface area contributed by atoms with Crippen molar-refractivity contribution in [3.05, 3.63) is 16.1 Å². The van der Waals surface area contributed by atoms with Gasteiger partial charge in [0.25, 0.3) is 0 Å². The summed E-state index contributed by atoms with van der Waals surface area (Å²) in [6.45, 7) is 12.6. The van der Waals surface area contributed by atoms with Crippen molar-refractivity contribution in [1.29, 1.82) is 0 Å². The van der Waals surface area contributed by atoms with Gasteiger partial charge < -0.3 is 15.4 Å². The molecule has 0 aliphatic rings. The van der Waals surface area contributed by atoms with Crippen LogP contribution in [0.2, 0.25) is 0 Å². The van der Waals surface area contributed by atoms with E-state index < -0.39 is 0 Å². The van der Waals surface area contributed by atoms with E-state index in [4.69, 9.17) is 4.74 Å². The first-order chi connectivity index (χ1) is 11.2. The van der Waals surface area contributed by atoms with Gasteiger partial charge in [-0.15, -0.1) is 35.3 Å². The van der Waals surface area contributed by atoms with Crippen molar-refractivity contribution in [2.75, 3.05) is 26.3 Å². The molecule has 0 saturated carbocycles. The summed E-state index contributed by atoms with van der Waals surface area (Å²) in [6, 6.07) is 0. The topological polar surface area (TPSA) is 58.5 Å². The Morgan fingerprint density at radius 3 is 2.62 bits per heavy atom. The lowest BCUT2D eigenvalue weighted by molar-refractivity contribution is 0.129. The van der Waals surface area contributed by atoms with Gasteiger partial charge >= 0.3 is 0 Å². The van der Waals surface area contributed by atoms with Gasteiger partial charge in [0, 0.05) is 37.6 Å². The maximum Gasteiger partial charge on any atom is 0.191 e. The number of hydrogen-bond donors (Lipinski definition) is 2. The van der Waals surface area contributed by atoms with E-state index in [1.807, 2.05) is 0 Å². The number of aliphatic imine (C=N–C) groups is 1. The molecular formula is C17H33IN4OS. The Morgan fingerprint density at radius 2 is 2.00 bits per heavy atom. The van der Waals surface area contributed by atoms with E-state index in [-0.39, 0.29) is 24.0 Å². The molecule has 5 nitrogen and oxygen atoms in total. The lowest BCUT2D eigenvalue weighted by atomic mass is 10.2. The van der Waals surface area contributed by atoms with Crippen LogP contribution in [0.1, 0.15) is 63.6 Å². The number of hydrogen-bond acceptors (Lipinski definition) is 4. The molecule has 2 N–H and O–H groups in total. The van der Waals surface area contributed by atoms with Gasteiger partial charge in [-0.05, 0) is 19.8 Å². The van der Waals surface area contributed by atoms with Crippen LogP contribution in [0.5, 0.6) is 0 Å². The molecule has 7 heteroatoms. The van der Waals surface area contributed by atoms with Crippen molar-refractivity contribution < 1.29 is 4.74 Å². The maximum absolute atomic E-state index is 5.56. The summed E-state index contributed by atoms with van der Waals surface area (Å²) in [7, 11) is 0. The number of unbranched alkanes of at least 4 members (excludes halogenated alkanes) is 1. The van der Waals surface area contributed by atoms with Gasteiger partial charge in [-0.3, -0.25) is 0 Å². The third-order valence-corrected chi connectivity index (χ3v) is 4.40. The first kappa shape index (κ1) is 23.6. The van der Waals surface area contributed by atoms with Crippen molar-refractivity contribution in [2.45, 2.75) is 59.4 Å². The fourth-order valence-electron chi connectivity index (χ4n) is 1.89. The SMILES string of the molecule is CCCCOCCCNC(=NCc1csc(C(C)C)n1)NCC.I. The van der Waals surface area contributed by atoms with E-state index in [0.717, 1.165) is 50.8 Å². The van der Waals surface area contributed by atoms with Crippen molar-refractivity contribution >= 4 is 41.3 Å². The summed E-state index contributed by atoms with van der Waals surface area (Å²) >= 11 is 1.72.